The Kier molecular flexibility index (Phi) is 9.59. The van der Waals surface area contributed by atoms with Crippen molar-refractivity contribution in [1.82, 2.24) is 9.80 Å². The molecule has 2 aliphatic rings. The number of piperidine rings is 1. The lowest BCUT2D eigenvalue weighted by molar-refractivity contribution is -0.385. The van der Waals surface area contributed by atoms with Crippen LogP contribution in [0.25, 0.3) is 0 Å². The number of carbonyl (C=O) groups excluding carboxylic acids is 1. The normalized spacial score (nSPS) is 16.3. The van der Waals surface area contributed by atoms with Crippen molar-refractivity contribution in [3.05, 3.63) is 93.5 Å². The first kappa shape index (κ1) is 29.4. The second-order valence-electron chi connectivity index (χ2n) is 11.3. The molecule has 9 nitrogen and oxygen atoms in total. The fourth-order valence-corrected chi connectivity index (χ4v) is 5.57. The fraction of sp³-hybridized carbons (Fsp3) is 0.424. The minimum Gasteiger partial charge on any atom is -0.490 e. The molecule has 1 amide bonds. The van der Waals surface area contributed by atoms with Crippen LogP contribution in [0.2, 0.25) is 0 Å². The zero-order valence-corrected chi connectivity index (χ0v) is 24.5. The number of nitro groups is 1. The van der Waals surface area contributed by atoms with Gasteiger partial charge in [0.05, 0.1) is 4.92 Å². The zero-order valence-electron chi connectivity index (χ0n) is 24.5. The summed E-state index contributed by atoms with van der Waals surface area (Å²) < 4.78 is 12.0. The SMILES string of the molecule is Cc1ccc(COc2ccc(N3CCN(CCC(=O)N4CCC(Oc5ccc([N+](=O)[O-])c(C)c5)CC4)CC3)cc2)cc1. The second-order valence-corrected chi connectivity index (χ2v) is 11.3. The topological polar surface area (TPSA) is 88.4 Å². The molecule has 0 radical (unpaired) electrons. The van der Waals surface area contributed by atoms with E-state index in [4.69, 9.17) is 9.47 Å². The summed E-state index contributed by atoms with van der Waals surface area (Å²) in [5.41, 5.74) is 4.28. The summed E-state index contributed by atoms with van der Waals surface area (Å²) in [6.07, 6.45) is 2.06. The minimum atomic E-state index is -0.383. The van der Waals surface area contributed by atoms with Crippen molar-refractivity contribution in [1.29, 1.82) is 0 Å². The first-order valence-electron chi connectivity index (χ1n) is 14.8. The first-order valence-corrected chi connectivity index (χ1v) is 14.8. The summed E-state index contributed by atoms with van der Waals surface area (Å²) in [4.78, 5) is 30.3. The Balaban J connectivity index is 0.988. The van der Waals surface area contributed by atoms with Gasteiger partial charge in [-0.25, -0.2) is 0 Å². The standard InChI is InChI=1S/C33H40N4O5/c1-25-3-5-27(6-4-25)24-41-29-9-7-28(8-10-29)35-21-19-34(20-22-35)16-15-33(38)36-17-13-30(14-18-36)42-31-11-12-32(37(39)40)26(2)23-31/h3-12,23,30H,13-22,24H2,1-2H3. The highest BCUT2D eigenvalue weighted by Gasteiger charge is 2.25. The van der Waals surface area contributed by atoms with Crippen LogP contribution in [0.4, 0.5) is 11.4 Å². The number of amides is 1. The molecule has 0 atom stereocenters. The van der Waals surface area contributed by atoms with Crippen LogP contribution in [0.1, 0.15) is 36.0 Å². The summed E-state index contributed by atoms with van der Waals surface area (Å²) in [6, 6.07) is 21.6. The van der Waals surface area contributed by atoms with Gasteiger partial charge in [-0.1, -0.05) is 29.8 Å². The van der Waals surface area contributed by atoms with E-state index in [9.17, 15) is 14.9 Å². The lowest BCUT2D eigenvalue weighted by atomic mass is 10.1. The van der Waals surface area contributed by atoms with Crippen molar-refractivity contribution < 1.29 is 19.2 Å². The van der Waals surface area contributed by atoms with Gasteiger partial charge in [0, 0.05) is 82.4 Å². The molecule has 0 spiro atoms. The Bertz CT molecular complexity index is 1350. The maximum Gasteiger partial charge on any atom is 0.272 e. The third-order valence-corrected chi connectivity index (χ3v) is 8.20. The maximum absolute atomic E-state index is 12.9. The molecule has 0 N–H and O–H groups in total. The van der Waals surface area contributed by atoms with Crippen LogP contribution in [-0.4, -0.2) is 72.5 Å². The van der Waals surface area contributed by atoms with E-state index in [-0.39, 0.29) is 22.6 Å². The van der Waals surface area contributed by atoms with Gasteiger partial charge < -0.3 is 19.3 Å². The Hall–Kier alpha value is -4.11. The van der Waals surface area contributed by atoms with Crippen LogP contribution >= 0.6 is 0 Å². The quantitative estimate of drug-likeness (QED) is 0.238. The molecule has 2 fully saturated rings. The predicted molar refractivity (Wildman–Crippen MR) is 163 cm³/mol. The molecule has 0 aromatic heterocycles. The van der Waals surface area contributed by atoms with Crippen LogP contribution in [-0.2, 0) is 11.4 Å². The van der Waals surface area contributed by atoms with Gasteiger partial charge in [-0.3, -0.25) is 19.8 Å². The monoisotopic (exact) mass is 572 g/mol. The molecule has 0 saturated carbocycles. The van der Waals surface area contributed by atoms with Crippen molar-refractivity contribution in [3.8, 4) is 11.5 Å². The number of nitrogens with zero attached hydrogens (tertiary/aromatic N) is 4. The van der Waals surface area contributed by atoms with Gasteiger partial charge in [0.1, 0.15) is 24.2 Å². The van der Waals surface area contributed by atoms with Gasteiger partial charge in [-0.05, 0) is 55.8 Å². The van der Waals surface area contributed by atoms with Gasteiger partial charge in [0.2, 0.25) is 5.91 Å². The average Bonchev–Trinajstić information content (AvgIpc) is 3.00. The first-order chi connectivity index (χ1) is 20.3. The van der Waals surface area contributed by atoms with E-state index >= 15 is 0 Å². The van der Waals surface area contributed by atoms with Gasteiger partial charge >= 0.3 is 0 Å². The van der Waals surface area contributed by atoms with Gasteiger partial charge in [-0.15, -0.1) is 0 Å². The highest BCUT2D eigenvalue weighted by molar-refractivity contribution is 5.76. The van der Waals surface area contributed by atoms with Crippen LogP contribution in [0.3, 0.4) is 0 Å². The number of hydrogen-bond acceptors (Lipinski definition) is 7. The molecule has 0 bridgehead atoms. The van der Waals surface area contributed by atoms with Crippen molar-refractivity contribution in [2.24, 2.45) is 0 Å². The van der Waals surface area contributed by atoms with Crippen LogP contribution in [0.15, 0.2) is 66.7 Å². The maximum atomic E-state index is 12.9. The number of benzene rings is 3. The summed E-state index contributed by atoms with van der Waals surface area (Å²) in [5, 5.41) is 11.0. The smallest absolute Gasteiger partial charge is 0.272 e. The molecule has 2 aliphatic heterocycles. The number of hydrogen-bond donors (Lipinski definition) is 0. The van der Waals surface area contributed by atoms with Gasteiger partial charge in [0.15, 0.2) is 0 Å². The van der Waals surface area contributed by atoms with Gasteiger partial charge in [-0.2, -0.15) is 0 Å². The number of aryl methyl sites for hydroxylation is 2. The highest BCUT2D eigenvalue weighted by Crippen LogP contribution is 2.26. The van der Waals surface area contributed by atoms with E-state index in [0.29, 0.717) is 37.4 Å². The van der Waals surface area contributed by atoms with E-state index < -0.39 is 0 Å². The Morgan fingerprint density at radius 2 is 1.55 bits per heavy atom. The van der Waals surface area contributed by atoms with E-state index in [1.165, 1.54) is 17.3 Å². The number of nitro benzene ring substituents is 1. The summed E-state index contributed by atoms with van der Waals surface area (Å²) in [5.74, 6) is 1.71. The predicted octanol–water partition coefficient (Wildman–Crippen LogP) is 5.37. The molecule has 0 unspecified atom stereocenters. The molecule has 3 aromatic rings. The van der Waals surface area contributed by atoms with E-state index in [2.05, 4.69) is 53.1 Å². The third kappa shape index (κ3) is 7.79. The molecule has 2 heterocycles. The Labute approximate surface area is 247 Å². The fourth-order valence-electron chi connectivity index (χ4n) is 5.57. The summed E-state index contributed by atoms with van der Waals surface area (Å²) in [7, 11) is 0. The van der Waals surface area contributed by atoms with Crippen LogP contribution in [0, 0.1) is 24.0 Å². The molecule has 0 aliphatic carbocycles. The molecule has 42 heavy (non-hydrogen) atoms. The molecular weight excluding hydrogens is 532 g/mol. The lowest BCUT2D eigenvalue weighted by Crippen LogP contribution is -2.48. The van der Waals surface area contributed by atoms with E-state index in [0.717, 1.165) is 56.9 Å². The molecule has 222 valence electrons. The van der Waals surface area contributed by atoms with Crippen molar-refractivity contribution in [2.45, 2.75) is 45.8 Å². The van der Waals surface area contributed by atoms with Gasteiger partial charge in [0.25, 0.3) is 5.69 Å². The number of rotatable bonds is 10. The van der Waals surface area contributed by atoms with Crippen molar-refractivity contribution in [2.75, 3.05) is 50.7 Å². The molecule has 2 saturated heterocycles. The number of carbonyl (C=O) groups is 1. The lowest BCUT2D eigenvalue weighted by Gasteiger charge is -2.37. The Morgan fingerprint density at radius 3 is 2.19 bits per heavy atom. The average molecular weight is 573 g/mol. The largest absolute Gasteiger partial charge is 0.490 e. The molecule has 9 heteroatoms. The summed E-state index contributed by atoms with van der Waals surface area (Å²) in [6.45, 7) is 10.2. The minimum absolute atomic E-state index is 0.0109. The molecular formula is C33H40N4O5. The summed E-state index contributed by atoms with van der Waals surface area (Å²) >= 11 is 0. The molecule has 3 aromatic carbocycles. The number of likely N-dealkylation sites (tertiary alicyclic amines) is 1. The van der Waals surface area contributed by atoms with E-state index in [1.54, 1.807) is 19.1 Å². The van der Waals surface area contributed by atoms with Crippen molar-refractivity contribution in [3.63, 3.8) is 0 Å². The third-order valence-electron chi connectivity index (χ3n) is 8.20. The number of piperazine rings is 1. The highest BCUT2D eigenvalue weighted by atomic mass is 16.6. The van der Waals surface area contributed by atoms with Crippen molar-refractivity contribution >= 4 is 17.3 Å². The van der Waals surface area contributed by atoms with E-state index in [1.807, 2.05) is 17.0 Å². The van der Waals surface area contributed by atoms with Crippen LogP contribution < -0.4 is 14.4 Å². The Morgan fingerprint density at radius 1 is 0.881 bits per heavy atom. The molecule has 5 rings (SSSR count). The van der Waals surface area contributed by atoms with Crippen LogP contribution in [0.5, 0.6) is 11.5 Å². The zero-order chi connectivity index (χ0) is 29.5. The number of ether oxygens (including phenoxy) is 2. The second kappa shape index (κ2) is 13.7. The number of anilines is 1.